The Balaban J connectivity index is 1.50. The molecule has 2 aromatic rings. The van der Waals surface area contributed by atoms with Crippen LogP contribution < -0.4 is 15.5 Å². The van der Waals surface area contributed by atoms with Crippen LogP contribution >= 0.6 is 11.6 Å². The maximum Gasteiger partial charge on any atom is 0.315 e. The van der Waals surface area contributed by atoms with E-state index >= 15 is 0 Å². The quantitative estimate of drug-likeness (QED) is 0.745. The van der Waals surface area contributed by atoms with E-state index in [1.807, 2.05) is 36.4 Å². The van der Waals surface area contributed by atoms with Crippen LogP contribution in [0.25, 0.3) is 0 Å². The summed E-state index contributed by atoms with van der Waals surface area (Å²) in [6.45, 7) is 1.41. The average molecular weight is 423 g/mol. The Morgan fingerprint density at radius 1 is 1.10 bits per heavy atom. The van der Waals surface area contributed by atoms with Crippen molar-refractivity contribution in [2.24, 2.45) is 0 Å². The molecule has 1 aliphatic carbocycles. The van der Waals surface area contributed by atoms with Gasteiger partial charge in [-0.3, -0.25) is 0 Å². The number of nitrogens with zero attached hydrogens (tertiary/aromatic N) is 2. The summed E-state index contributed by atoms with van der Waals surface area (Å²) in [6.07, 6.45) is 6.48. The van der Waals surface area contributed by atoms with E-state index in [4.69, 9.17) is 11.6 Å². The number of fused-ring (bicyclic) bond motifs is 1. The molecule has 5 nitrogen and oxygen atoms in total. The van der Waals surface area contributed by atoms with Gasteiger partial charge in [-0.15, -0.1) is 0 Å². The van der Waals surface area contributed by atoms with Crippen LogP contribution in [0.15, 0.2) is 42.5 Å². The molecule has 2 amide bonds. The first kappa shape index (κ1) is 20.6. The molecular weight excluding hydrogens is 396 g/mol. The number of hydrogen-bond acceptors (Lipinski definition) is 3. The molecule has 0 spiro atoms. The molecule has 1 saturated carbocycles. The Kier molecular flexibility index (Phi) is 6.44. The highest BCUT2D eigenvalue weighted by molar-refractivity contribution is 6.30. The van der Waals surface area contributed by atoms with Crippen molar-refractivity contribution < 1.29 is 4.79 Å². The van der Waals surface area contributed by atoms with Crippen molar-refractivity contribution in [3.8, 4) is 6.07 Å². The Labute approximate surface area is 183 Å². The van der Waals surface area contributed by atoms with Crippen LogP contribution in [0.2, 0.25) is 5.02 Å². The van der Waals surface area contributed by atoms with E-state index in [0.717, 1.165) is 36.1 Å². The zero-order chi connectivity index (χ0) is 20.9. The zero-order valence-corrected chi connectivity index (χ0v) is 17.8. The molecule has 4 rings (SSSR count). The molecular formula is C24H27ClN4O. The lowest BCUT2D eigenvalue weighted by Gasteiger charge is -2.37. The van der Waals surface area contributed by atoms with Gasteiger partial charge in [-0.25, -0.2) is 4.79 Å². The number of rotatable bonds is 4. The lowest BCUT2D eigenvalue weighted by atomic mass is 9.95. The fraction of sp³-hybridized carbons (Fsp3) is 0.417. The van der Waals surface area contributed by atoms with Crippen molar-refractivity contribution in [2.75, 3.05) is 11.4 Å². The molecule has 1 fully saturated rings. The summed E-state index contributed by atoms with van der Waals surface area (Å²) in [4.78, 5) is 14.9. The second-order valence-corrected chi connectivity index (χ2v) is 8.76. The van der Waals surface area contributed by atoms with Crippen LogP contribution in [0.1, 0.15) is 48.8 Å². The molecule has 30 heavy (non-hydrogen) atoms. The number of amides is 2. The van der Waals surface area contributed by atoms with Crippen LogP contribution in [0.5, 0.6) is 0 Å². The third kappa shape index (κ3) is 5.06. The van der Waals surface area contributed by atoms with Crippen molar-refractivity contribution >= 4 is 23.3 Å². The SMILES string of the molecule is N#Cc1ccc2c(c1)C[C@H](NC(=O)NC1CCCCC1)CN2Cc1cccc(Cl)c1. The van der Waals surface area contributed by atoms with Crippen molar-refractivity contribution in [3.63, 3.8) is 0 Å². The average Bonchev–Trinajstić information content (AvgIpc) is 2.74. The lowest BCUT2D eigenvalue weighted by Crippen LogP contribution is -2.52. The number of nitrogens with one attached hydrogen (secondary N) is 2. The number of hydrogen-bond donors (Lipinski definition) is 2. The van der Waals surface area contributed by atoms with Gasteiger partial charge in [0.25, 0.3) is 0 Å². The van der Waals surface area contributed by atoms with Gasteiger partial charge in [0.1, 0.15) is 0 Å². The normalized spacial score (nSPS) is 18.9. The molecule has 2 N–H and O–H groups in total. The van der Waals surface area contributed by atoms with E-state index in [0.29, 0.717) is 23.7 Å². The summed E-state index contributed by atoms with van der Waals surface area (Å²) in [5, 5.41) is 16.3. The third-order valence-electron chi connectivity index (χ3n) is 5.99. The summed E-state index contributed by atoms with van der Waals surface area (Å²) in [5.41, 5.74) is 3.96. The molecule has 1 heterocycles. The fourth-order valence-corrected chi connectivity index (χ4v) is 4.80. The number of carbonyl (C=O) groups excluding carboxylic acids is 1. The number of halogens is 1. The summed E-state index contributed by atoms with van der Waals surface area (Å²) in [7, 11) is 0. The smallest absolute Gasteiger partial charge is 0.315 e. The minimum atomic E-state index is -0.0884. The molecule has 1 aliphatic heterocycles. The van der Waals surface area contributed by atoms with Gasteiger partial charge in [-0.1, -0.05) is 43.0 Å². The standard InChI is InChI=1S/C24H27ClN4O/c25-20-6-4-5-18(12-20)15-29-16-22(13-19-11-17(14-26)9-10-23(19)29)28-24(30)27-21-7-2-1-3-8-21/h4-6,9-12,21-22H,1-3,7-8,13,15-16H2,(H2,27,28,30)/t22-/m0/s1. The van der Waals surface area contributed by atoms with Gasteiger partial charge in [-0.2, -0.15) is 5.26 Å². The molecule has 6 heteroatoms. The maximum absolute atomic E-state index is 12.6. The van der Waals surface area contributed by atoms with Crippen molar-refractivity contribution in [2.45, 2.75) is 57.2 Å². The Morgan fingerprint density at radius 3 is 2.67 bits per heavy atom. The summed E-state index contributed by atoms with van der Waals surface area (Å²) in [6, 6.07) is 16.0. The van der Waals surface area contributed by atoms with E-state index in [-0.39, 0.29) is 18.1 Å². The summed E-state index contributed by atoms with van der Waals surface area (Å²) < 4.78 is 0. The minimum Gasteiger partial charge on any atom is -0.365 e. The van der Waals surface area contributed by atoms with Crippen LogP contribution in [-0.2, 0) is 13.0 Å². The van der Waals surface area contributed by atoms with Gasteiger partial charge in [0, 0.05) is 29.8 Å². The highest BCUT2D eigenvalue weighted by Gasteiger charge is 2.27. The monoisotopic (exact) mass is 422 g/mol. The molecule has 0 aromatic heterocycles. The Bertz CT molecular complexity index is 948. The zero-order valence-electron chi connectivity index (χ0n) is 17.0. The van der Waals surface area contributed by atoms with Gasteiger partial charge >= 0.3 is 6.03 Å². The molecule has 156 valence electrons. The van der Waals surface area contributed by atoms with Crippen LogP contribution in [0.4, 0.5) is 10.5 Å². The van der Waals surface area contributed by atoms with Crippen molar-refractivity contribution in [1.29, 1.82) is 5.26 Å². The molecule has 2 aliphatic rings. The van der Waals surface area contributed by atoms with Gasteiger partial charge in [0.05, 0.1) is 17.7 Å². The van der Waals surface area contributed by atoms with Crippen LogP contribution in [0.3, 0.4) is 0 Å². The van der Waals surface area contributed by atoms with Crippen molar-refractivity contribution in [3.05, 3.63) is 64.2 Å². The largest absolute Gasteiger partial charge is 0.365 e. The fourth-order valence-electron chi connectivity index (χ4n) is 4.58. The Morgan fingerprint density at radius 2 is 1.90 bits per heavy atom. The molecule has 0 saturated heterocycles. The topological polar surface area (TPSA) is 68.2 Å². The van der Waals surface area contributed by atoms with E-state index in [9.17, 15) is 10.1 Å². The second-order valence-electron chi connectivity index (χ2n) is 8.32. The van der Waals surface area contributed by atoms with Crippen LogP contribution in [-0.4, -0.2) is 24.7 Å². The molecule has 0 unspecified atom stereocenters. The predicted octanol–water partition coefficient (Wildman–Crippen LogP) is 4.77. The lowest BCUT2D eigenvalue weighted by molar-refractivity contribution is 0.228. The molecule has 0 radical (unpaired) electrons. The number of urea groups is 1. The predicted molar refractivity (Wildman–Crippen MR) is 120 cm³/mol. The third-order valence-corrected chi connectivity index (χ3v) is 6.23. The number of carbonyl (C=O) groups is 1. The van der Waals surface area contributed by atoms with Gasteiger partial charge < -0.3 is 15.5 Å². The first-order valence-corrected chi connectivity index (χ1v) is 11.1. The number of benzene rings is 2. The van der Waals surface area contributed by atoms with E-state index < -0.39 is 0 Å². The van der Waals surface area contributed by atoms with Gasteiger partial charge in [0.2, 0.25) is 0 Å². The second kappa shape index (κ2) is 9.40. The van der Waals surface area contributed by atoms with E-state index in [1.165, 1.54) is 19.3 Å². The summed E-state index contributed by atoms with van der Waals surface area (Å²) >= 11 is 6.17. The highest BCUT2D eigenvalue weighted by Crippen LogP contribution is 2.30. The first-order chi connectivity index (χ1) is 14.6. The number of nitriles is 1. The highest BCUT2D eigenvalue weighted by atomic mass is 35.5. The van der Waals surface area contributed by atoms with Gasteiger partial charge in [-0.05, 0) is 60.7 Å². The molecule has 2 aromatic carbocycles. The van der Waals surface area contributed by atoms with Crippen LogP contribution in [0, 0.1) is 11.3 Å². The van der Waals surface area contributed by atoms with Crippen molar-refractivity contribution in [1.82, 2.24) is 10.6 Å². The first-order valence-electron chi connectivity index (χ1n) is 10.7. The molecule has 0 bridgehead atoms. The summed E-state index contributed by atoms with van der Waals surface area (Å²) in [5.74, 6) is 0. The molecule has 1 atom stereocenters. The number of anilines is 1. The van der Waals surface area contributed by atoms with E-state index in [1.54, 1.807) is 0 Å². The maximum atomic E-state index is 12.6. The minimum absolute atomic E-state index is 0.0192. The Hall–Kier alpha value is -2.71. The van der Waals surface area contributed by atoms with Gasteiger partial charge in [0.15, 0.2) is 0 Å². The van der Waals surface area contributed by atoms with E-state index in [2.05, 4.69) is 27.7 Å².